The summed E-state index contributed by atoms with van der Waals surface area (Å²) in [7, 11) is 0. The molecule has 5 heteroatoms. The lowest BCUT2D eigenvalue weighted by atomic mass is 10.1. The first-order chi connectivity index (χ1) is 12.2. The number of para-hydroxylation sites is 2. The van der Waals surface area contributed by atoms with Crippen molar-refractivity contribution < 1.29 is 0 Å². The minimum absolute atomic E-state index is 0.180. The van der Waals surface area contributed by atoms with Gasteiger partial charge in [-0.05, 0) is 35.9 Å². The van der Waals surface area contributed by atoms with Gasteiger partial charge in [0, 0.05) is 18.3 Å². The van der Waals surface area contributed by atoms with Crippen molar-refractivity contribution in [3.05, 3.63) is 94.5 Å². The van der Waals surface area contributed by atoms with Crippen LogP contribution in [0.15, 0.2) is 77.7 Å². The monoisotopic (exact) mass is 328 g/mol. The van der Waals surface area contributed by atoms with Crippen LogP contribution in [0.2, 0.25) is 0 Å². The molecule has 2 N–H and O–H groups in total. The van der Waals surface area contributed by atoms with E-state index in [1.54, 1.807) is 10.8 Å². The first-order valence-corrected chi connectivity index (χ1v) is 7.99. The standard InChI is InChI=1S/C20H16N4O/c21-16-10-5-4-7-14(16)13-18-20(25)24(15-8-2-1-3-9-15)19-17(23-18)11-6-12-22-19/h1-12H,13,21H2. The SMILES string of the molecule is Nc1ccccc1Cc1nc2cccnc2n(-c2ccccc2)c1=O. The Morgan fingerprint density at radius 2 is 1.68 bits per heavy atom. The zero-order valence-corrected chi connectivity index (χ0v) is 13.5. The summed E-state index contributed by atoms with van der Waals surface area (Å²) in [6.45, 7) is 0. The van der Waals surface area contributed by atoms with E-state index >= 15 is 0 Å². The van der Waals surface area contributed by atoms with Crippen molar-refractivity contribution in [3.63, 3.8) is 0 Å². The molecule has 2 heterocycles. The Kier molecular flexibility index (Phi) is 3.74. The van der Waals surface area contributed by atoms with E-state index in [-0.39, 0.29) is 5.56 Å². The van der Waals surface area contributed by atoms with E-state index in [2.05, 4.69) is 9.97 Å². The second-order valence-corrected chi connectivity index (χ2v) is 5.76. The van der Waals surface area contributed by atoms with Gasteiger partial charge in [0.1, 0.15) is 11.2 Å². The van der Waals surface area contributed by atoms with Crippen molar-refractivity contribution in [3.8, 4) is 5.69 Å². The molecule has 0 amide bonds. The Hall–Kier alpha value is -3.47. The Morgan fingerprint density at radius 3 is 2.48 bits per heavy atom. The van der Waals surface area contributed by atoms with Gasteiger partial charge >= 0.3 is 0 Å². The van der Waals surface area contributed by atoms with Crippen LogP contribution in [-0.2, 0) is 6.42 Å². The Balaban J connectivity index is 1.96. The molecule has 0 saturated carbocycles. The molecular weight excluding hydrogens is 312 g/mol. The third kappa shape index (κ3) is 2.76. The molecule has 0 aliphatic rings. The molecule has 0 atom stereocenters. The maximum atomic E-state index is 13.1. The normalized spacial score (nSPS) is 10.9. The molecule has 5 nitrogen and oxygen atoms in total. The fourth-order valence-electron chi connectivity index (χ4n) is 2.87. The lowest BCUT2D eigenvalue weighted by Gasteiger charge is -2.12. The van der Waals surface area contributed by atoms with Gasteiger partial charge in [-0.2, -0.15) is 0 Å². The number of rotatable bonds is 3. The molecule has 0 bridgehead atoms. The van der Waals surface area contributed by atoms with E-state index < -0.39 is 0 Å². The number of fused-ring (bicyclic) bond motifs is 1. The fraction of sp³-hybridized carbons (Fsp3) is 0.0500. The first kappa shape index (κ1) is 15.1. The van der Waals surface area contributed by atoms with E-state index in [0.717, 1.165) is 11.3 Å². The predicted octanol–water partition coefficient (Wildman–Crippen LogP) is 2.95. The zero-order chi connectivity index (χ0) is 17.2. The number of nitrogens with zero attached hydrogens (tertiary/aromatic N) is 3. The molecular formula is C20H16N4O. The maximum Gasteiger partial charge on any atom is 0.278 e. The first-order valence-electron chi connectivity index (χ1n) is 7.99. The van der Waals surface area contributed by atoms with Crippen molar-refractivity contribution in [2.75, 3.05) is 5.73 Å². The van der Waals surface area contributed by atoms with Crippen LogP contribution in [0, 0.1) is 0 Å². The van der Waals surface area contributed by atoms with Crippen molar-refractivity contribution in [2.45, 2.75) is 6.42 Å². The maximum absolute atomic E-state index is 13.1. The molecule has 122 valence electrons. The largest absolute Gasteiger partial charge is 0.398 e. The Morgan fingerprint density at radius 1 is 0.920 bits per heavy atom. The van der Waals surface area contributed by atoms with Crippen molar-refractivity contribution in [1.82, 2.24) is 14.5 Å². The molecule has 2 aromatic heterocycles. The second-order valence-electron chi connectivity index (χ2n) is 5.76. The quantitative estimate of drug-likeness (QED) is 0.587. The van der Waals surface area contributed by atoms with Crippen LogP contribution in [0.25, 0.3) is 16.9 Å². The summed E-state index contributed by atoms with van der Waals surface area (Å²) in [5.41, 5.74) is 9.82. The lowest BCUT2D eigenvalue weighted by molar-refractivity contribution is 0.928. The number of benzene rings is 2. The van der Waals surface area contributed by atoms with Crippen LogP contribution >= 0.6 is 0 Å². The average Bonchev–Trinajstić information content (AvgIpc) is 2.65. The van der Waals surface area contributed by atoms with Crippen molar-refractivity contribution >= 4 is 16.9 Å². The second kappa shape index (κ2) is 6.20. The summed E-state index contributed by atoms with van der Waals surface area (Å²) >= 11 is 0. The van der Waals surface area contributed by atoms with E-state index in [1.165, 1.54) is 0 Å². The number of pyridine rings is 1. The molecule has 2 aromatic carbocycles. The van der Waals surface area contributed by atoms with Gasteiger partial charge in [0.05, 0.1) is 5.69 Å². The van der Waals surface area contributed by atoms with E-state index in [1.807, 2.05) is 66.7 Å². The minimum atomic E-state index is -0.180. The molecule has 0 radical (unpaired) electrons. The summed E-state index contributed by atoms with van der Waals surface area (Å²) in [5, 5.41) is 0. The van der Waals surface area contributed by atoms with Crippen LogP contribution in [0.1, 0.15) is 11.3 Å². The van der Waals surface area contributed by atoms with Gasteiger partial charge in [0.15, 0.2) is 5.65 Å². The van der Waals surface area contributed by atoms with Crippen LogP contribution < -0.4 is 11.3 Å². The van der Waals surface area contributed by atoms with Crippen LogP contribution in [0.5, 0.6) is 0 Å². The van der Waals surface area contributed by atoms with Crippen LogP contribution in [-0.4, -0.2) is 14.5 Å². The molecule has 0 unspecified atom stereocenters. The summed E-state index contributed by atoms with van der Waals surface area (Å²) in [6, 6.07) is 20.7. The number of nitrogen functional groups attached to an aromatic ring is 1. The van der Waals surface area contributed by atoms with Crippen LogP contribution in [0.3, 0.4) is 0 Å². The van der Waals surface area contributed by atoms with Crippen molar-refractivity contribution in [2.24, 2.45) is 0 Å². The smallest absolute Gasteiger partial charge is 0.278 e. The Bertz CT molecular complexity index is 1100. The summed E-state index contributed by atoms with van der Waals surface area (Å²) in [4.78, 5) is 22.0. The topological polar surface area (TPSA) is 73.8 Å². The molecule has 4 rings (SSSR count). The van der Waals surface area contributed by atoms with Gasteiger partial charge in [-0.3, -0.25) is 9.36 Å². The van der Waals surface area contributed by atoms with Crippen molar-refractivity contribution in [1.29, 1.82) is 0 Å². The highest BCUT2D eigenvalue weighted by molar-refractivity contribution is 5.72. The van der Waals surface area contributed by atoms with E-state index in [9.17, 15) is 4.79 Å². The van der Waals surface area contributed by atoms with Gasteiger partial charge in [-0.25, -0.2) is 9.97 Å². The number of aromatic nitrogens is 3. The summed E-state index contributed by atoms with van der Waals surface area (Å²) < 4.78 is 1.61. The zero-order valence-electron chi connectivity index (χ0n) is 13.5. The molecule has 0 saturated heterocycles. The van der Waals surface area contributed by atoms with E-state index in [4.69, 9.17) is 5.73 Å². The molecule has 0 aliphatic carbocycles. The third-order valence-corrected chi connectivity index (χ3v) is 4.11. The fourth-order valence-corrected chi connectivity index (χ4v) is 2.87. The minimum Gasteiger partial charge on any atom is -0.398 e. The molecule has 25 heavy (non-hydrogen) atoms. The van der Waals surface area contributed by atoms with Gasteiger partial charge in [0.2, 0.25) is 0 Å². The van der Waals surface area contributed by atoms with Gasteiger partial charge < -0.3 is 5.73 Å². The molecule has 0 aliphatic heterocycles. The molecule has 0 spiro atoms. The lowest BCUT2D eigenvalue weighted by Crippen LogP contribution is -2.25. The average molecular weight is 328 g/mol. The van der Waals surface area contributed by atoms with Gasteiger partial charge in [-0.15, -0.1) is 0 Å². The highest BCUT2D eigenvalue weighted by Gasteiger charge is 2.14. The summed E-state index contributed by atoms with van der Waals surface area (Å²) in [5.74, 6) is 0. The van der Waals surface area contributed by atoms with Crippen LogP contribution in [0.4, 0.5) is 5.69 Å². The van der Waals surface area contributed by atoms with E-state index in [0.29, 0.717) is 29.0 Å². The predicted molar refractivity (Wildman–Crippen MR) is 98.8 cm³/mol. The molecule has 0 fully saturated rings. The highest BCUT2D eigenvalue weighted by atomic mass is 16.1. The van der Waals surface area contributed by atoms with Gasteiger partial charge in [0.25, 0.3) is 5.56 Å². The number of anilines is 1. The number of hydrogen-bond acceptors (Lipinski definition) is 4. The number of nitrogens with two attached hydrogens (primary N) is 1. The van der Waals surface area contributed by atoms with Gasteiger partial charge in [-0.1, -0.05) is 36.4 Å². The highest BCUT2D eigenvalue weighted by Crippen LogP contribution is 2.17. The number of hydrogen-bond donors (Lipinski definition) is 1. The summed E-state index contributed by atoms with van der Waals surface area (Å²) in [6.07, 6.45) is 2.04. The Labute approximate surface area is 144 Å². The molecule has 4 aromatic rings. The third-order valence-electron chi connectivity index (χ3n) is 4.11.